The van der Waals surface area contributed by atoms with Gasteiger partial charge in [0.15, 0.2) is 5.65 Å². The molecule has 2 aromatic heterocycles. The fraction of sp³-hybridized carbons (Fsp3) is 0.250. The molecular formula is C28H29FN8O3. The summed E-state index contributed by atoms with van der Waals surface area (Å²) >= 11 is 0. The van der Waals surface area contributed by atoms with Crippen LogP contribution in [0.15, 0.2) is 72.4 Å². The molecule has 3 heterocycles. The third-order valence-corrected chi connectivity index (χ3v) is 6.55. The van der Waals surface area contributed by atoms with Gasteiger partial charge in [-0.15, -0.1) is 0 Å². The number of carbonyl (C=O) groups is 1. The Labute approximate surface area is 229 Å². The van der Waals surface area contributed by atoms with Gasteiger partial charge in [0.1, 0.15) is 17.5 Å². The Kier molecular flexibility index (Phi) is 7.80. The van der Waals surface area contributed by atoms with E-state index >= 15 is 4.39 Å². The van der Waals surface area contributed by atoms with Crippen LogP contribution in [0.1, 0.15) is 6.92 Å². The molecule has 0 unspecified atom stereocenters. The first kappa shape index (κ1) is 26.9. The van der Waals surface area contributed by atoms with Gasteiger partial charge in [0.05, 0.1) is 17.5 Å². The summed E-state index contributed by atoms with van der Waals surface area (Å²) in [5, 5.41) is 15.4. The number of nitrogens with zero attached hydrogens (tertiary/aromatic N) is 6. The third kappa shape index (κ3) is 5.98. The minimum atomic E-state index is -0.502. The highest BCUT2D eigenvalue weighted by molar-refractivity contribution is 5.99. The Balaban J connectivity index is 1.39. The van der Waals surface area contributed by atoms with Gasteiger partial charge in [0, 0.05) is 50.3 Å². The normalized spacial score (nSPS) is 14.6. The van der Waals surface area contributed by atoms with Crippen LogP contribution in [-0.2, 0) is 4.79 Å². The maximum atomic E-state index is 15.1. The van der Waals surface area contributed by atoms with Crippen LogP contribution in [0.2, 0.25) is 0 Å². The van der Waals surface area contributed by atoms with Crippen molar-refractivity contribution in [3.63, 3.8) is 0 Å². The second-order valence-corrected chi connectivity index (χ2v) is 9.52. The maximum Gasteiger partial charge on any atom is 0.283 e. The molecule has 0 bridgehead atoms. The molecule has 1 aliphatic rings. The molecule has 0 radical (unpaired) electrons. The van der Waals surface area contributed by atoms with E-state index in [1.54, 1.807) is 41.8 Å². The number of nitrogens with one attached hydrogen (secondary N) is 2. The predicted molar refractivity (Wildman–Crippen MR) is 152 cm³/mol. The van der Waals surface area contributed by atoms with Gasteiger partial charge in [-0.05, 0) is 49.4 Å². The lowest BCUT2D eigenvalue weighted by molar-refractivity contribution is -0.111. The summed E-state index contributed by atoms with van der Waals surface area (Å²) in [6.07, 6.45) is 3.47. The van der Waals surface area contributed by atoms with Crippen molar-refractivity contribution in [3.8, 4) is 5.69 Å². The molecule has 5 rings (SSSR count). The smallest absolute Gasteiger partial charge is 0.283 e. The van der Waals surface area contributed by atoms with Crippen LogP contribution in [0.25, 0.3) is 16.7 Å². The summed E-state index contributed by atoms with van der Waals surface area (Å²) in [7, 11) is 0. The van der Waals surface area contributed by atoms with Crippen LogP contribution in [0, 0.1) is 5.82 Å². The van der Waals surface area contributed by atoms with Gasteiger partial charge in [-0.2, -0.15) is 9.97 Å². The number of fused-ring (bicyclic) bond motifs is 1. The Morgan fingerprint density at radius 2 is 1.95 bits per heavy atom. The number of β-amino-alcohol motifs (C(OH)–C–C–N with tert-alkyl or cyclic N) is 1. The van der Waals surface area contributed by atoms with Crippen LogP contribution in [0.4, 0.5) is 27.4 Å². The molecule has 3 N–H and O–H groups in total. The van der Waals surface area contributed by atoms with Crippen molar-refractivity contribution in [2.75, 3.05) is 48.3 Å². The van der Waals surface area contributed by atoms with Gasteiger partial charge in [0.25, 0.3) is 5.56 Å². The first-order chi connectivity index (χ1) is 19.3. The standard InChI is InChI=1S/C28H29FN8O3/c1-3-25(39)32-19-5-4-6-21(13-19)37-17-31-27(40)22-15-30-28(34-26(22)37)33-24-8-7-20(14-23(24)29)36-11-9-35(10-12-36)16-18(2)38/h3-8,13-15,17-18,38H,1,9-12,16H2,2H3,(H,32,39)(H,30,33,34)/t18-/m1/s1. The fourth-order valence-electron chi connectivity index (χ4n) is 4.60. The summed E-state index contributed by atoms with van der Waals surface area (Å²) < 4.78 is 16.7. The Morgan fingerprint density at radius 3 is 2.67 bits per heavy atom. The molecular weight excluding hydrogens is 515 g/mol. The summed E-state index contributed by atoms with van der Waals surface area (Å²) in [6.45, 7) is 8.89. The van der Waals surface area contributed by atoms with E-state index in [1.807, 2.05) is 6.07 Å². The SMILES string of the molecule is C=CC(=O)Nc1cccc(-n2cnc(=O)c3cnc(Nc4ccc(N5CCN(C[C@@H](C)O)CC5)cc4F)nc32)c1. The maximum absolute atomic E-state index is 15.1. The van der Waals surface area contributed by atoms with Gasteiger partial charge in [-0.1, -0.05) is 12.6 Å². The summed E-state index contributed by atoms with van der Waals surface area (Å²) in [5.74, 6) is -0.729. The fourth-order valence-corrected chi connectivity index (χ4v) is 4.60. The number of anilines is 4. The van der Waals surface area contributed by atoms with E-state index in [2.05, 4.69) is 42.0 Å². The molecule has 12 heteroatoms. The zero-order chi connectivity index (χ0) is 28.2. The molecule has 40 heavy (non-hydrogen) atoms. The van der Waals surface area contributed by atoms with E-state index in [1.165, 1.54) is 24.7 Å². The second kappa shape index (κ2) is 11.6. The number of benzene rings is 2. The van der Waals surface area contributed by atoms with Crippen molar-refractivity contribution in [2.45, 2.75) is 13.0 Å². The molecule has 1 amide bonds. The Hall–Kier alpha value is -4.68. The molecule has 1 fully saturated rings. The number of aromatic nitrogens is 4. The molecule has 4 aromatic rings. The van der Waals surface area contributed by atoms with E-state index in [9.17, 15) is 14.7 Å². The lowest BCUT2D eigenvalue weighted by Gasteiger charge is -2.36. The summed E-state index contributed by atoms with van der Waals surface area (Å²) in [6, 6.07) is 11.9. The molecule has 1 atom stereocenters. The second-order valence-electron chi connectivity index (χ2n) is 9.52. The predicted octanol–water partition coefficient (Wildman–Crippen LogP) is 2.69. The van der Waals surface area contributed by atoms with E-state index in [0.717, 1.165) is 31.9 Å². The monoisotopic (exact) mass is 544 g/mol. The van der Waals surface area contributed by atoms with Crippen LogP contribution in [0.5, 0.6) is 0 Å². The number of carbonyl (C=O) groups excluding carboxylic acids is 1. The van der Waals surface area contributed by atoms with Gasteiger partial charge < -0.3 is 20.6 Å². The molecule has 1 saturated heterocycles. The lowest BCUT2D eigenvalue weighted by atomic mass is 10.2. The van der Waals surface area contributed by atoms with E-state index in [4.69, 9.17) is 0 Å². The first-order valence-electron chi connectivity index (χ1n) is 12.8. The number of halogens is 1. The summed E-state index contributed by atoms with van der Waals surface area (Å²) in [5.41, 5.74) is 1.83. The quantitative estimate of drug-likeness (QED) is 0.287. The number of aliphatic hydroxyl groups excluding tert-OH is 1. The Morgan fingerprint density at radius 1 is 1.15 bits per heavy atom. The molecule has 0 spiro atoms. The molecule has 0 saturated carbocycles. The number of hydrogen-bond donors (Lipinski definition) is 3. The lowest BCUT2D eigenvalue weighted by Crippen LogP contribution is -2.48. The number of amides is 1. The number of aliphatic hydroxyl groups is 1. The zero-order valence-electron chi connectivity index (χ0n) is 21.9. The molecule has 11 nitrogen and oxygen atoms in total. The van der Waals surface area contributed by atoms with Crippen molar-refractivity contribution in [3.05, 3.63) is 83.8 Å². The number of rotatable bonds is 8. The van der Waals surface area contributed by atoms with Crippen molar-refractivity contribution < 1.29 is 14.3 Å². The van der Waals surface area contributed by atoms with E-state index in [-0.39, 0.29) is 34.7 Å². The Bertz CT molecular complexity index is 1620. The van der Waals surface area contributed by atoms with Crippen LogP contribution in [0.3, 0.4) is 0 Å². The van der Waals surface area contributed by atoms with Crippen LogP contribution < -0.4 is 21.1 Å². The van der Waals surface area contributed by atoms with E-state index in [0.29, 0.717) is 17.9 Å². The van der Waals surface area contributed by atoms with Crippen molar-refractivity contribution in [1.29, 1.82) is 0 Å². The molecule has 0 aliphatic carbocycles. The van der Waals surface area contributed by atoms with Crippen molar-refractivity contribution in [2.24, 2.45) is 0 Å². The first-order valence-corrected chi connectivity index (χ1v) is 12.8. The van der Waals surface area contributed by atoms with Gasteiger partial charge in [0.2, 0.25) is 11.9 Å². The molecule has 1 aliphatic heterocycles. The highest BCUT2D eigenvalue weighted by atomic mass is 19.1. The van der Waals surface area contributed by atoms with Gasteiger partial charge >= 0.3 is 0 Å². The summed E-state index contributed by atoms with van der Waals surface area (Å²) in [4.78, 5) is 41.1. The highest BCUT2D eigenvalue weighted by Gasteiger charge is 2.19. The van der Waals surface area contributed by atoms with Crippen molar-refractivity contribution in [1.82, 2.24) is 24.4 Å². The third-order valence-electron chi connectivity index (χ3n) is 6.55. The molecule has 206 valence electrons. The zero-order valence-corrected chi connectivity index (χ0v) is 21.9. The molecule has 2 aromatic carbocycles. The van der Waals surface area contributed by atoms with E-state index < -0.39 is 11.4 Å². The topological polar surface area (TPSA) is 129 Å². The van der Waals surface area contributed by atoms with Gasteiger partial charge in [-0.25, -0.2) is 9.37 Å². The van der Waals surface area contributed by atoms with Crippen LogP contribution in [-0.4, -0.2) is 74.3 Å². The highest BCUT2D eigenvalue weighted by Crippen LogP contribution is 2.26. The minimum Gasteiger partial charge on any atom is -0.392 e. The number of piperazine rings is 1. The minimum absolute atomic E-state index is 0.0985. The van der Waals surface area contributed by atoms with Gasteiger partial charge in [-0.3, -0.25) is 19.1 Å². The van der Waals surface area contributed by atoms with Crippen molar-refractivity contribution >= 4 is 40.0 Å². The average Bonchev–Trinajstić information content (AvgIpc) is 2.94. The average molecular weight is 545 g/mol. The number of hydrogen-bond acceptors (Lipinski definition) is 9. The van der Waals surface area contributed by atoms with Crippen LogP contribution >= 0.6 is 0 Å². The largest absolute Gasteiger partial charge is 0.392 e.